The Balaban J connectivity index is 2.02. The molecule has 2 N–H and O–H groups in total. The van der Waals surface area contributed by atoms with Gasteiger partial charge in [-0.05, 0) is 37.8 Å². The third kappa shape index (κ3) is 4.26. The zero-order valence-electron chi connectivity index (χ0n) is 12.2. The molecular weight excluding hydrogens is 270 g/mol. The van der Waals surface area contributed by atoms with Crippen molar-refractivity contribution in [3.05, 3.63) is 39.4 Å². The van der Waals surface area contributed by atoms with Crippen LogP contribution >= 0.6 is 0 Å². The molecule has 1 aromatic rings. The molecule has 114 valence electrons. The van der Waals surface area contributed by atoms with E-state index in [0.717, 1.165) is 31.5 Å². The van der Waals surface area contributed by atoms with Crippen LogP contribution in [-0.2, 0) is 11.3 Å². The molecule has 0 aromatic heterocycles. The predicted molar refractivity (Wildman–Crippen MR) is 79.6 cm³/mol. The van der Waals surface area contributed by atoms with E-state index in [9.17, 15) is 14.9 Å². The van der Waals surface area contributed by atoms with Gasteiger partial charge in [0.15, 0.2) is 0 Å². The van der Waals surface area contributed by atoms with Crippen LogP contribution in [-0.4, -0.2) is 28.8 Å². The molecule has 1 heterocycles. The highest BCUT2D eigenvalue weighted by Gasteiger charge is 2.22. The van der Waals surface area contributed by atoms with Crippen LogP contribution in [0.2, 0.25) is 0 Å². The number of nitro groups is 1. The molecule has 0 radical (unpaired) electrons. The number of nitrogens with two attached hydrogens (primary N) is 1. The van der Waals surface area contributed by atoms with Gasteiger partial charge in [0.05, 0.1) is 4.92 Å². The van der Waals surface area contributed by atoms with E-state index in [1.165, 1.54) is 0 Å². The Morgan fingerprint density at radius 1 is 1.52 bits per heavy atom. The highest BCUT2D eigenvalue weighted by Crippen LogP contribution is 2.24. The third-order valence-electron chi connectivity index (χ3n) is 3.97. The SMILES string of the molecule is Cc1ccc(CN2CCC[C@H](CC(N)=O)C2)cc1[N+](=O)[O-]. The molecule has 1 amide bonds. The lowest BCUT2D eigenvalue weighted by atomic mass is 9.94. The van der Waals surface area contributed by atoms with E-state index >= 15 is 0 Å². The highest BCUT2D eigenvalue weighted by atomic mass is 16.6. The van der Waals surface area contributed by atoms with Crippen molar-refractivity contribution in [1.82, 2.24) is 4.90 Å². The molecule has 0 bridgehead atoms. The van der Waals surface area contributed by atoms with Crippen LogP contribution in [0.1, 0.15) is 30.4 Å². The van der Waals surface area contributed by atoms with Gasteiger partial charge in [-0.1, -0.05) is 12.1 Å². The maximum atomic E-state index is 11.0. The first-order valence-electron chi connectivity index (χ1n) is 7.20. The molecule has 1 aliphatic rings. The zero-order chi connectivity index (χ0) is 15.4. The molecule has 6 nitrogen and oxygen atoms in total. The van der Waals surface area contributed by atoms with Crippen LogP contribution in [0.4, 0.5) is 5.69 Å². The summed E-state index contributed by atoms with van der Waals surface area (Å²) >= 11 is 0. The Kier molecular flexibility index (Phi) is 4.90. The molecule has 0 saturated carbocycles. The topological polar surface area (TPSA) is 89.5 Å². The van der Waals surface area contributed by atoms with Gasteiger partial charge in [0, 0.05) is 31.1 Å². The van der Waals surface area contributed by atoms with E-state index in [-0.39, 0.29) is 16.5 Å². The minimum atomic E-state index is -0.342. The second kappa shape index (κ2) is 6.67. The van der Waals surface area contributed by atoms with Crippen molar-refractivity contribution in [3.63, 3.8) is 0 Å². The van der Waals surface area contributed by atoms with Crippen LogP contribution in [0.15, 0.2) is 18.2 Å². The smallest absolute Gasteiger partial charge is 0.272 e. The molecule has 1 saturated heterocycles. The minimum absolute atomic E-state index is 0.165. The quantitative estimate of drug-likeness (QED) is 0.663. The fourth-order valence-electron chi connectivity index (χ4n) is 2.95. The lowest BCUT2D eigenvalue weighted by Gasteiger charge is -2.32. The van der Waals surface area contributed by atoms with E-state index in [1.54, 1.807) is 19.1 Å². The van der Waals surface area contributed by atoms with Crippen molar-refractivity contribution < 1.29 is 9.72 Å². The van der Waals surface area contributed by atoms with Crippen molar-refractivity contribution in [3.8, 4) is 0 Å². The molecule has 1 atom stereocenters. The fraction of sp³-hybridized carbons (Fsp3) is 0.533. The largest absolute Gasteiger partial charge is 0.370 e. The van der Waals surface area contributed by atoms with Gasteiger partial charge < -0.3 is 5.73 Å². The number of piperidine rings is 1. The first kappa shape index (κ1) is 15.4. The summed E-state index contributed by atoms with van der Waals surface area (Å²) in [4.78, 5) is 23.9. The van der Waals surface area contributed by atoms with Gasteiger partial charge in [-0.15, -0.1) is 0 Å². The molecule has 21 heavy (non-hydrogen) atoms. The lowest BCUT2D eigenvalue weighted by molar-refractivity contribution is -0.385. The third-order valence-corrected chi connectivity index (χ3v) is 3.97. The van der Waals surface area contributed by atoms with E-state index in [2.05, 4.69) is 4.90 Å². The summed E-state index contributed by atoms with van der Waals surface area (Å²) < 4.78 is 0. The Morgan fingerprint density at radius 2 is 2.29 bits per heavy atom. The normalized spacial score (nSPS) is 19.4. The average molecular weight is 291 g/mol. The van der Waals surface area contributed by atoms with Gasteiger partial charge in [-0.3, -0.25) is 19.8 Å². The number of hydrogen-bond acceptors (Lipinski definition) is 4. The van der Waals surface area contributed by atoms with Crippen LogP contribution in [0.5, 0.6) is 0 Å². The Bertz CT molecular complexity index is 545. The number of hydrogen-bond donors (Lipinski definition) is 1. The maximum absolute atomic E-state index is 11.0. The van der Waals surface area contributed by atoms with Crippen molar-refractivity contribution >= 4 is 11.6 Å². The summed E-state index contributed by atoms with van der Waals surface area (Å²) in [7, 11) is 0. The molecule has 2 rings (SSSR count). The average Bonchev–Trinajstić information content (AvgIpc) is 2.40. The Morgan fingerprint density at radius 3 is 2.95 bits per heavy atom. The molecule has 0 spiro atoms. The van der Waals surface area contributed by atoms with Crippen molar-refractivity contribution in [2.24, 2.45) is 11.7 Å². The number of amides is 1. The summed E-state index contributed by atoms with van der Waals surface area (Å²) in [5, 5.41) is 11.0. The van der Waals surface area contributed by atoms with Gasteiger partial charge in [0.2, 0.25) is 5.91 Å². The summed E-state index contributed by atoms with van der Waals surface area (Å²) in [5.41, 5.74) is 7.04. The van der Waals surface area contributed by atoms with Gasteiger partial charge in [-0.2, -0.15) is 0 Å². The molecule has 1 fully saturated rings. The second-order valence-corrected chi connectivity index (χ2v) is 5.79. The summed E-state index contributed by atoms with van der Waals surface area (Å²) in [6.45, 7) is 4.20. The molecule has 1 aromatic carbocycles. The van der Waals surface area contributed by atoms with E-state index in [0.29, 0.717) is 24.4 Å². The summed E-state index contributed by atoms with van der Waals surface area (Å²) in [6.07, 6.45) is 2.48. The van der Waals surface area contributed by atoms with E-state index in [4.69, 9.17) is 5.73 Å². The first-order valence-corrected chi connectivity index (χ1v) is 7.20. The highest BCUT2D eigenvalue weighted by molar-refractivity contribution is 5.74. The summed E-state index contributed by atoms with van der Waals surface area (Å²) in [6, 6.07) is 5.37. The maximum Gasteiger partial charge on any atom is 0.272 e. The molecule has 6 heteroatoms. The molecule has 1 aliphatic heterocycles. The fourth-order valence-corrected chi connectivity index (χ4v) is 2.95. The van der Waals surface area contributed by atoms with E-state index in [1.807, 2.05) is 6.07 Å². The van der Waals surface area contributed by atoms with E-state index < -0.39 is 0 Å². The number of primary amides is 1. The lowest BCUT2D eigenvalue weighted by Crippen LogP contribution is -2.36. The van der Waals surface area contributed by atoms with Gasteiger partial charge >= 0.3 is 0 Å². The van der Waals surface area contributed by atoms with Crippen molar-refractivity contribution in [2.45, 2.75) is 32.7 Å². The van der Waals surface area contributed by atoms with Crippen LogP contribution in [0.25, 0.3) is 0 Å². The number of carbonyl (C=O) groups is 1. The van der Waals surface area contributed by atoms with Crippen LogP contribution in [0, 0.1) is 23.0 Å². The van der Waals surface area contributed by atoms with Crippen molar-refractivity contribution in [2.75, 3.05) is 13.1 Å². The standard InChI is InChI=1S/C15H21N3O3/c1-11-4-5-13(7-14(11)18(20)21)10-17-6-2-3-12(9-17)8-15(16)19/h4-5,7,12H,2-3,6,8-10H2,1H3,(H2,16,19)/t12-/m1/s1. The van der Waals surface area contributed by atoms with Crippen LogP contribution in [0.3, 0.4) is 0 Å². The number of nitro benzene ring substituents is 1. The van der Waals surface area contributed by atoms with Gasteiger partial charge in [-0.25, -0.2) is 0 Å². The van der Waals surface area contributed by atoms with Gasteiger partial charge in [0.1, 0.15) is 0 Å². The Labute approximate surface area is 124 Å². The first-order chi connectivity index (χ1) is 9.95. The number of carbonyl (C=O) groups excluding carboxylic acids is 1. The van der Waals surface area contributed by atoms with Crippen LogP contribution < -0.4 is 5.73 Å². The molecule has 0 aliphatic carbocycles. The predicted octanol–water partition coefficient (Wildman–Crippen LogP) is 1.99. The number of nitrogens with zero attached hydrogens (tertiary/aromatic N) is 2. The van der Waals surface area contributed by atoms with Crippen molar-refractivity contribution in [1.29, 1.82) is 0 Å². The number of rotatable bonds is 5. The molecular formula is C15H21N3O3. The minimum Gasteiger partial charge on any atom is -0.370 e. The zero-order valence-corrected chi connectivity index (χ0v) is 12.2. The summed E-state index contributed by atoms with van der Waals surface area (Å²) in [5.74, 6) is 0.0458. The second-order valence-electron chi connectivity index (χ2n) is 5.79. The Hall–Kier alpha value is -1.95. The number of likely N-dealkylation sites (tertiary alicyclic amines) is 1. The van der Waals surface area contributed by atoms with Gasteiger partial charge in [0.25, 0.3) is 5.69 Å². The number of benzene rings is 1. The number of aryl methyl sites for hydroxylation is 1. The molecule has 0 unspecified atom stereocenters. The monoisotopic (exact) mass is 291 g/mol.